The van der Waals surface area contributed by atoms with Crippen LogP contribution in [0.5, 0.6) is 11.5 Å². The zero-order valence-corrected chi connectivity index (χ0v) is 27.3. The summed E-state index contributed by atoms with van der Waals surface area (Å²) in [7, 11) is 3.31. The third-order valence-corrected chi connectivity index (χ3v) is 8.96. The molecular formula is C43H34N2O4. The number of nitrogens with zero attached hydrogens (tertiary/aromatic N) is 2. The number of ether oxygens (including phenoxy) is 2. The van der Waals surface area contributed by atoms with E-state index in [1.807, 2.05) is 91.0 Å². The quantitative estimate of drug-likeness (QED) is 0.153. The van der Waals surface area contributed by atoms with Crippen LogP contribution in [0.1, 0.15) is 56.0 Å². The molecule has 7 rings (SSSR count). The second-order valence-corrected chi connectivity index (χ2v) is 11.9. The number of carbonyl (C=O) groups is 2. The van der Waals surface area contributed by atoms with Crippen LogP contribution in [-0.2, 0) is 22.7 Å². The molecule has 0 bridgehead atoms. The number of benzene rings is 5. The Morgan fingerprint density at radius 3 is 1.43 bits per heavy atom. The zero-order valence-electron chi connectivity index (χ0n) is 27.3. The van der Waals surface area contributed by atoms with Crippen molar-refractivity contribution in [3.8, 4) is 11.5 Å². The predicted molar refractivity (Wildman–Crippen MR) is 195 cm³/mol. The molecule has 6 nitrogen and oxygen atoms in total. The second-order valence-electron chi connectivity index (χ2n) is 11.9. The van der Waals surface area contributed by atoms with E-state index in [4.69, 9.17) is 19.5 Å². The first kappa shape index (κ1) is 31.5. The molecule has 2 aliphatic carbocycles. The molecule has 0 radical (unpaired) electrons. The summed E-state index contributed by atoms with van der Waals surface area (Å²) >= 11 is 0. The molecular weight excluding hydrogens is 608 g/mol. The van der Waals surface area contributed by atoms with E-state index in [1.54, 1.807) is 26.4 Å². The SMILES string of the molecule is COc1cc(C(c2ccccc2)c2ccc(CN=C3C(=O)C=Cc4ccccc43)c(OC)c2)ccc1CN=C1C(=O)C=Cc2ccccc21. The van der Waals surface area contributed by atoms with Crippen LogP contribution in [0, 0.1) is 0 Å². The Kier molecular flexibility index (Phi) is 8.94. The Morgan fingerprint density at radius 1 is 0.510 bits per heavy atom. The molecule has 5 aromatic carbocycles. The lowest BCUT2D eigenvalue weighted by atomic mass is 9.84. The molecule has 0 spiro atoms. The maximum Gasteiger partial charge on any atom is 0.204 e. The third-order valence-electron chi connectivity index (χ3n) is 8.96. The monoisotopic (exact) mass is 642 g/mol. The van der Waals surface area contributed by atoms with Gasteiger partial charge in [0.15, 0.2) is 0 Å². The maximum absolute atomic E-state index is 12.8. The van der Waals surface area contributed by atoms with Crippen molar-refractivity contribution in [2.75, 3.05) is 14.2 Å². The number of hydrogen-bond acceptors (Lipinski definition) is 6. The first-order valence-corrected chi connectivity index (χ1v) is 16.1. The van der Waals surface area contributed by atoms with Gasteiger partial charge in [0.1, 0.15) is 22.9 Å². The lowest BCUT2D eigenvalue weighted by Gasteiger charge is -2.22. The van der Waals surface area contributed by atoms with Gasteiger partial charge in [-0.15, -0.1) is 0 Å². The molecule has 0 amide bonds. The minimum Gasteiger partial charge on any atom is -0.496 e. The van der Waals surface area contributed by atoms with E-state index in [9.17, 15) is 9.59 Å². The highest BCUT2D eigenvalue weighted by molar-refractivity contribution is 6.52. The van der Waals surface area contributed by atoms with Gasteiger partial charge in [-0.3, -0.25) is 19.6 Å². The number of ketones is 2. The molecule has 6 heteroatoms. The van der Waals surface area contributed by atoms with Gasteiger partial charge in [-0.05, 0) is 52.1 Å². The molecule has 0 atom stereocenters. The number of carbonyl (C=O) groups excluding carboxylic acids is 2. The Balaban J connectivity index is 1.21. The molecule has 2 aliphatic rings. The van der Waals surface area contributed by atoms with Crippen LogP contribution < -0.4 is 9.47 Å². The molecule has 0 N–H and O–H groups in total. The van der Waals surface area contributed by atoms with Crippen molar-refractivity contribution in [3.05, 3.63) is 177 Å². The van der Waals surface area contributed by atoms with E-state index in [2.05, 4.69) is 36.4 Å². The minimum absolute atomic E-state index is 0.103. The van der Waals surface area contributed by atoms with Gasteiger partial charge in [0.05, 0.1) is 27.3 Å². The highest BCUT2D eigenvalue weighted by atomic mass is 16.5. The van der Waals surface area contributed by atoms with E-state index in [1.165, 1.54) is 0 Å². The molecule has 0 aromatic heterocycles. The van der Waals surface area contributed by atoms with Crippen molar-refractivity contribution in [1.29, 1.82) is 0 Å². The Morgan fingerprint density at radius 2 is 0.959 bits per heavy atom. The topological polar surface area (TPSA) is 77.3 Å². The van der Waals surface area contributed by atoms with Crippen LogP contribution in [0.25, 0.3) is 12.2 Å². The van der Waals surface area contributed by atoms with Crippen LogP contribution >= 0.6 is 0 Å². The summed E-state index contributed by atoms with van der Waals surface area (Å²) in [6.07, 6.45) is 6.81. The van der Waals surface area contributed by atoms with Crippen molar-refractivity contribution in [1.82, 2.24) is 0 Å². The van der Waals surface area contributed by atoms with E-state index < -0.39 is 0 Å². The van der Waals surface area contributed by atoms with Gasteiger partial charge in [0.25, 0.3) is 0 Å². The summed E-state index contributed by atoms with van der Waals surface area (Å²) in [5, 5.41) is 0. The fourth-order valence-electron chi connectivity index (χ4n) is 6.49. The number of methoxy groups -OCH3 is 2. The Bertz CT molecular complexity index is 2060. The number of allylic oxidation sites excluding steroid dienone is 2. The van der Waals surface area contributed by atoms with Crippen molar-refractivity contribution >= 4 is 35.1 Å². The van der Waals surface area contributed by atoms with Crippen LogP contribution in [0.15, 0.2) is 137 Å². The second kappa shape index (κ2) is 13.9. The van der Waals surface area contributed by atoms with Crippen LogP contribution in [0.3, 0.4) is 0 Å². The number of hydrogen-bond donors (Lipinski definition) is 0. The summed E-state index contributed by atoms with van der Waals surface area (Å²) in [6.45, 7) is 0.604. The number of rotatable bonds is 9. The van der Waals surface area contributed by atoms with Crippen LogP contribution in [0.4, 0.5) is 0 Å². The van der Waals surface area contributed by atoms with Crippen molar-refractivity contribution in [2.45, 2.75) is 19.0 Å². The average Bonchev–Trinajstić information content (AvgIpc) is 3.15. The van der Waals surface area contributed by atoms with E-state index in [0.717, 1.165) is 50.1 Å². The summed E-state index contributed by atoms with van der Waals surface area (Å²) < 4.78 is 11.8. The summed E-state index contributed by atoms with van der Waals surface area (Å²) in [5.41, 5.74) is 9.49. The summed E-state index contributed by atoms with van der Waals surface area (Å²) in [5.74, 6) is 1.06. The Hall–Kier alpha value is -6.14. The fraction of sp³-hybridized carbons (Fsp3) is 0.116. The van der Waals surface area contributed by atoms with Gasteiger partial charge < -0.3 is 9.47 Å². The van der Waals surface area contributed by atoms with Gasteiger partial charge in [-0.25, -0.2) is 0 Å². The van der Waals surface area contributed by atoms with Crippen molar-refractivity contribution in [2.24, 2.45) is 9.98 Å². The molecule has 0 unspecified atom stereocenters. The molecule has 0 fully saturated rings. The van der Waals surface area contributed by atoms with Gasteiger partial charge in [0.2, 0.25) is 11.6 Å². The van der Waals surface area contributed by atoms with Crippen LogP contribution in [-0.4, -0.2) is 37.2 Å². The van der Waals surface area contributed by atoms with Gasteiger partial charge >= 0.3 is 0 Å². The number of fused-ring (bicyclic) bond motifs is 2. The standard InChI is InChI=1S/C43H34N2O4/c1-48-39-24-31(16-18-33(39)26-44-42-35-14-8-6-10-28(35)20-22-37(42)46)41(30-12-4-3-5-13-30)32-17-19-34(40(25-32)49-2)27-45-43-36-15-9-7-11-29(36)21-23-38(43)47/h3-25,41H,26-27H2,1-2H3. The molecule has 5 aromatic rings. The first-order valence-electron chi connectivity index (χ1n) is 16.1. The van der Waals surface area contributed by atoms with Crippen molar-refractivity contribution in [3.63, 3.8) is 0 Å². The largest absolute Gasteiger partial charge is 0.496 e. The lowest BCUT2D eigenvalue weighted by Crippen LogP contribution is -2.18. The third kappa shape index (κ3) is 6.41. The maximum atomic E-state index is 12.8. The van der Waals surface area contributed by atoms with Gasteiger partial charge in [0, 0.05) is 28.2 Å². The first-order chi connectivity index (χ1) is 24.0. The fourth-order valence-corrected chi connectivity index (χ4v) is 6.49. The minimum atomic E-state index is -0.126. The normalized spacial score (nSPS) is 15.6. The summed E-state index contributed by atoms with van der Waals surface area (Å²) in [4.78, 5) is 35.1. The molecule has 0 saturated heterocycles. The van der Waals surface area contributed by atoms with Gasteiger partial charge in [-0.1, -0.05) is 115 Å². The molecule has 0 aliphatic heterocycles. The predicted octanol–water partition coefficient (Wildman–Crippen LogP) is 8.05. The molecule has 240 valence electrons. The Labute approximate surface area is 285 Å². The average molecular weight is 643 g/mol. The molecule has 0 heterocycles. The van der Waals surface area contributed by atoms with E-state index in [-0.39, 0.29) is 17.5 Å². The zero-order chi connectivity index (χ0) is 33.7. The van der Waals surface area contributed by atoms with E-state index >= 15 is 0 Å². The van der Waals surface area contributed by atoms with E-state index in [0.29, 0.717) is 36.0 Å². The molecule has 49 heavy (non-hydrogen) atoms. The van der Waals surface area contributed by atoms with Gasteiger partial charge in [-0.2, -0.15) is 0 Å². The van der Waals surface area contributed by atoms with Crippen molar-refractivity contribution < 1.29 is 19.1 Å². The summed E-state index contributed by atoms with van der Waals surface area (Å²) in [6, 6.07) is 38.2. The number of aliphatic imine (C=N–C) groups is 2. The van der Waals surface area contributed by atoms with Crippen LogP contribution in [0.2, 0.25) is 0 Å². The molecule has 0 saturated carbocycles. The highest BCUT2D eigenvalue weighted by Gasteiger charge is 2.23. The highest BCUT2D eigenvalue weighted by Crippen LogP contribution is 2.37. The lowest BCUT2D eigenvalue weighted by molar-refractivity contribution is -0.109. The smallest absolute Gasteiger partial charge is 0.204 e.